The third kappa shape index (κ3) is 3.34. The average molecular weight is 287 g/mol. The molecular formula is C17H18FNO2. The molecule has 21 heavy (non-hydrogen) atoms. The molecule has 2 aromatic rings. The zero-order valence-corrected chi connectivity index (χ0v) is 11.9. The second-order valence-electron chi connectivity index (χ2n) is 5.18. The number of para-hydroxylation sites is 2. The molecule has 1 N–H and O–H groups in total. The maximum atomic E-state index is 12.9. The number of benzene rings is 2. The first-order valence-electron chi connectivity index (χ1n) is 7.10. The molecule has 0 aliphatic carbocycles. The van der Waals surface area contributed by atoms with E-state index >= 15 is 0 Å². The van der Waals surface area contributed by atoms with Crippen molar-refractivity contribution in [2.24, 2.45) is 0 Å². The fourth-order valence-electron chi connectivity index (χ4n) is 2.34. The molecule has 3 nitrogen and oxygen atoms in total. The van der Waals surface area contributed by atoms with Crippen LogP contribution in [0.3, 0.4) is 0 Å². The number of ether oxygens (including phenoxy) is 2. The fourth-order valence-corrected chi connectivity index (χ4v) is 2.34. The van der Waals surface area contributed by atoms with Crippen LogP contribution in [0.1, 0.15) is 18.5 Å². The number of halogens is 1. The molecule has 0 radical (unpaired) electrons. The lowest BCUT2D eigenvalue weighted by Gasteiger charge is -2.27. The van der Waals surface area contributed by atoms with E-state index < -0.39 is 0 Å². The van der Waals surface area contributed by atoms with Crippen LogP contribution in [0.15, 0.2) is 48.5 Å². The van der Waals surface area contributed by atoms with Crippen molar-refractivity contribution in [1.82, 2.24) is 5.32 Å². The quantitative estimate of drug-likeness (QED) is 0.935. The summed E-state index contributed by atoms with van der Waals surface area (Å²) in [7, 11) is 0. The molecule has 0 amide bonds. The lowest BCUT2D eigenvalue weighted by atomic mass is 10.1. The van der Waals surface area contributed by atoms with Crippen LogP contribution in [-0.4, -0.2) is 19.3 Å². The zero-order valence-electron chi connectivity index (χ0n) is 11.9. The van der Waals surface area contributed by atoms with Crippen LogP contribution in [0.2, 0.25) is 0 Å². The summed E-state index contributed by atoms with van der Waals surface area (Å²) in [6.45, 7) is 3.25. The van der Waals surface area contributed by atoms with E-state index in [1.165, 1.54) is 12.1 Å². The summed E-state index contributed by atoms with van der Waals surface area (Å²) in [5, 5.41) is 3.39. The highest BCUT2D eigenvalue weighted by molar-refractivity contribution is 5.40. The predicted octanol–water partition coefficient (Wildman–Crippen LogP) is 3.32. The lowest BCUT2D eigenvalue weighted by molar-refractivity contribution is 0.0886. The molecule has 0 spiro atoms. The van der Waals surface area contributed by atoms with E-state index in [-0.39, 0.29) is 18.0 Å². The summed E-state index contributed by atoms with van der Waals surface area (Å²) < 4.78 is 24.5. The number of nitrogens with one attached hydrogen (secondary N) is 1. The largest absolute Gasteiger partial charge is 0.486 e. The highest BCUT2D eigenvalue weighted by Crippen LogP contribution is 2.30. The van der Waals surface area contributed by atoms with Crippen LogP contribution in [0.25, 0.3) is 0 Å². The molecule has 110 valence electrons. The van der Waals surface area contributed by atoms with Crippen LogP contribution in [0.5, 0.6) is 11.5 Å². The Morgan fingerprint density at radius 3 is 2.62 bits per heavy atom. The van der Waals surface area contributed by atoms with Crippen molar-refractivity contribution < 1.29 is 13.9 Å². The second kappa shape index (κ2) is 6.14. The van der Waals surface area contributed by atoms with Gasteiger partial charge in [-0.2, -0.15) is 0 Å². The minimum absolute atomic E-state index is 0.0252. The van der Waals surface area contributed by atoms with Gasteiger partial charge in [0.25, 0.3) is 0 Å². The van der Waals surface area contributed by atoms with Gasteiger partial charge >= 0.3 is 0 Å². The molecule has 2 unspecified atom stereocenters. The molecule has 0 bridgehead atoms. The monoisotopic (exact) mass is 287 g/mol. The van der Waals surface area contributed by atoms with E-state index in [1.807, 2.05) is 31.2 Å². The van der Waals surface area contributed by atoms with E-state index in [9.17, 15) is 4.39 Å². The standard InChI is InChI=1S/C17H18FNO2/c1-12(13-6-8-14(18)9-7-13)19-10-15-11-20-16-4-2-3-5-17(16)21-15/h2-9,12,15,19H,10-11H2,1H3. The first-order chi connectivity index (χ1) is 10.2. The van der Waals surface area contributed by atoms with Crippen molar-refractivity contribution in [3.05, 3.63) is 59.9 Å². The Morgan fingerprint density at radius 1 is 1.14 bits per heavy atom. The molecule has 0 aromatic heterocycles. The molecule has 3 rings (SSSR count). The van der Waals surface area contributed by atoms with Crippen LogP contribution < -0.4 is 14.8 Å². The third-order valence-corrected chi connectivity index (χ3v) is 3.59. The third-order valence-electron chi connectivity index (χ3n) is 3.59. The van der Waals surface area contributed by atoms with Gasteiger partial charge in [0.2, 0.25) is 0 Å². The molecule has 2 atom stereocenters. The molecule has 0 saturated heterocycles. The maximum Gasteiger partial charge on any atom is 0.161 e. The van der Waals surface area contributed by atoms with E-state index in [0.29, 0.717) is 13.2 Å². The van der Waals surface area contributed by atoms with Gasteiger partial charge in [0, 0.05) is 12.6 Å². The van der Waals surface area contributed by atoms with Gasteiger partial charge in [-0.3, -0.25) is 0 Å². The topological polar surface area (TPSA) is 30.5 Å². The van der Waals surface area contributed by atoms with Crippen molar-refractivity contribution in [1.29, 1.82) is 0 Å². The summed E-state index contributed by atoms with van der Waals surface area (Å²) in [6, 6.07) is 14.3. The van der Waals surface area contributed by atoms with Crippen molar-refractivity contribution in [3.8, 4) is 11.5 Å². The molecule has 1 aliphatic heterocycles. The molecule has 0 saturated carbocycles. The SMILES string of the molecule is CC(NCC1COc2ccccc2O1)c1ccc(F)cc1. The first kappa shape index (κ1) is 13.9. The number of fused-ring (bicyclic) bond motifs is 1. The molecule has 4 heteroatoms. The Bertz CT molecular complexity index is 600. The summed E-state index contributed by atoms with van der Waals surface area (Å²) in [6.07, 6.45) is -0.0252. The number of hydrogen-bond acceptors (Lipinski definition) is 3. The molecule has 2 aromatic carbocycles. The van der Waals surface area contributed by atoms with Crippen LogP contribution in [0, 0.1) is 5.82 Å². The van der Waals surface area contributed by atoms with Crippen LogP contribution in [0.4, 0.5) is 4.39 Å². The molecule has 0 fully saturated rings. The zero-order chi connectivity index (χ0) is 14.7. The van der Waals surface area contributed by atoms with Gasteiger partial charge in [-0.25, -0.2) is 4.39 Å². The highest BCUT2D eigenvalue weighted by Gasteiger charge is 2.20. The van der Waals surface area contributed by atoms with Crippen molar-refractivity contribution in [2.75, 3.05) is 13.2 Å². The van der Waals surface area contributed by atoms with E-state index in [4.69, 9.17) is 9.47 Å². The minimum Gasteiger partial charge on any atom is -0.486 e. The minimum atomic E-state index is -0.216. The van der Waals surface area contributed by atoms with Gasteiger partial charge in [0.15, 0.2) is 11.5 Å². The lowest BCUT2D eigenvalue weighted by Crippen LogP contribution is -2.39. The normalized spacial score (nSPS) is 18.3. The number of rotatable bonds is 4. The Kier molecular flexibility index (Phi) is 4.06. The Morgan fingerprint density at radius 2 is 1.86 bits per heavy atom. The summed E-state index contributed by atoms with van der Waals surface area (Å²) in [5.41, 5.74) is 1.05. The van der Waals surface area contributed by atoms with Gasteiger partial charge in [0.05, 0.1) is 0 Å². The maximum absolute atomic E-state index is 12.9. The van der Waals surface area contributed by atoms with Crippen molar-refractivity contribution in [3.63, 3.8) is 0 Å². The molecule has 1 heterocycles. The molecule has 1 aliphatic rings. The van der Waals surface area contributed by atoms with Gasteiger partial charge in [0.1, 0.15) is 18.5 Å². The smallest absolute Gasteiger partial charge is 0.161 e. The molecular weight excluding hydrogens is 269 g/mol. The Labute approximate surface area is 123 Å². The van der Waals surface area contributed by atoms with Gasteiger partial charge in [-0.1, -0.05) is 24.3 Å². The highest BCUT2D eigenvalue weighted by atomic mass is 19.1. The van der Waals surface area contributed by atoms with Crippen molar-refractivity contribution >= 4 is 0 Å². The van der Waals surface area contributed by atoms with E-state index in [2.05, 4.69) is 5.32 Å². The van der Waals surface area contributed by atoms with Crippen molar-refractivity contribution in [2.45, 2.75) is 19.1 Å². The van der Waals surface area contributed by atoms with E-state index in [1.54, 1.807) is 12.1 Å². The fraction of sp³-hybridized carbons (Fsp3) is 0.294. The van der Waals surface area contributed by atoms with Crippen LogP contribution in [-0.2, 0) is 0 Å². The summed E-state index contributed by atoms with van der Waals surface area (Å²) in [4.78, 5) is 0. The van der Waals surface area contributed by atoms with E-state index in [0.717, 1.165) is 17.1 Å². The average Bonchev–Trinajstić information content (AvgIpc) is 2.53. The Balaban J connectivity index is 1.55. The van der Waals surface area contributed by atoms with Gasteiger partial charge in [-0.05, 0) is 36.8 Å². The van der Waals surface area contributed by atoms with Gasteiger partial charge < -0.3 is 14.8 Å². The first-order valence-corrected chi connectivity index (χ1v) is 7.10. The summed E-state index contributed by atoms with van der Waals surface area (Å²) in [5.74, 6) is 1.36. The number of hydrogen-bond donors (Lipinski definition) is 1. The second-order valence-corrected chi connectivity index (χ2v) is 5.18. The summed E-state index contributed by atoms with van der Waals surface area (Å²) >= 11 is 0. The van der Waals surface area contributed by atoms with Crippen LogP contribution >= 0.6 is 0 Å². The Hall–Kier alpha value is -2.07. The predicted molar refractivity (Wildman–Crippen MR) is 79.2 cm³/mol. The van der Waals surface area contributed by atoms with Gasteiger partial charge in [-0.15, -0.1) is 0 Å².